The molecule has 100 valence electrons. The Morgan fingerprint density at radius 3 is 2.95 bits per heavy atom. The molecular formula is C15H19N3O. The summed E-state index contributed by atoms with van der Waals surface area (Å²) in [4.78, 5) is 17.1. The van der Waals surface area contributed by atoms with E-state index in [1.165, 1.54) is 27.6 Å². The quantitative estimate of drug-likeness (QED) is 0.860. The molecule has 1 amide bonds. The van der Waals surface area contributed by atoms with Crippen LogP contribution in [-0.4, -0.2) is 35.4 Å². The topological polar surface area (TPSA) is 48.1 Å². The first-order valence-corrected chi connectivity index (χ1v) is 6.71. The minimum Gasteiger partial charge on any atom is -0.361 e. The Morgan fingerprint density at radius 2 is 2.16 bits per heavy atom. The number of aryl methyl sites for hydroxylation is 2. The third kappa shape index (κ3) is 2.24. The molecule has 1 aliphatic heterocycles. The molecule has 0 atom stereocenters. The normalized spacial score (nSPS) is 16.3. The van der Waals surface area contributed by atoms with E-state index in [4.69, 9.17) is 0 Å². The molecule has 0 unspecified atom stereocenters. The van der Waals surface area contributed by atoms with Crippen LogP contribution in [0.4, 0.5) is 0 Å². The predicted molar refractivity (Wildman–Crippen MR) is 76.1 cm³/mol. The van der Waals surface area contributed by atoms with Crippen LogP contribution in [0.2, 0.25) is 0 Å². The average Bonchev–Trinajstić information content (AvgIpc) is 2.76. The lowest BCUT2D eigenvalue weighted by Gasteiger charge is -2.27. The van der Waals surface area contributed by atoms with E-state index in [9.17, 15) is 4.79 Å². The summed E-state index contributed by atoms with van der Waals surface area (Å²) in [5, 5.41) is 4.34. The van der Waals surface area contributed by atoms with Gasteiger partial charge in [0.05, 0.1) is 6.54 Å². The number of fused-ring (bicyclic) bond motifs is 1. The summed E-state index contributed by atoms with van der Waals surface area (Å²) in [6, 6.07) is 4.37. The van der Waals surface area contributed by atoms with Crippen LogP contribution in [-0.2, 0) is 11.3 Å². The first-order valence-electron chi connectivity index (χ1n) is 6.71. The average molecular weight is 257 g/mol. The Kier molecular flexibility index (Phi) is 3.03. The van der Waals surface area contributed by atoms with Crippen LogP contribution in [0.1, 0.15) is 16.7 Å². The van der Waals surface area contributed by atoms with Crippen molar-refractivity contribution in [1.82, 2.24) is 15.2 Å². The lowest BCUT2D eigenvalue weighted by atomic mass is 10.1. The highest BCUT2D eigenvalue weighted by atomic mass is 16.2. The Bertz CT molecular complexity index is 630. The maximum atomic E-state index is 11.8. The van der Waals surface area contributed by atoms with E-state index in [1.54, 1.807) is 0 Å². The number of benzene rings is 1. The minimum atomic E-state index is 0.185. The predicted octanol–water partition coefficient (Wildman–Crippen LogP) is 1.72. The van der Waals surface area contributed by atoms with Gasteiger partial charge in [-0.15, -0.1) is 0 Å². The van der Waals surface area contributed by atoms with Gasteiger partial charge in [-0.05, 0) is 31.0 Å². The third-order valence-electron chi connectivity index (χ3n) is 3.77. The van der Waals surface area contributed by atoms with Gasteiger partial charge in [0, 0.05) is 36.7 Å². The molecule has 1 aromatic carbocycles. The summed E-state index contributed by atoms with van der Waals surface area (Å²) in [5.74, 6) is 0.185. The van der Waals surface area contributed by atoms with E-state index in [2.05, 4.69) is 36.3 Å². The fourth-order valence-electron chi connectivity index (χ4n) is 2.80. The van der Waals surface area contributed by atoms with Crippen molar-refractivity contribution in [2.75, 3.05) is 19.6 Å². The number of nitrogens with one attached hydrogen (secondary N) is 2. The number of piperazine rings is 1. The van der Waals surface area contributed by atoms with Crippen molar-refractivity contribution in [3.05, 3.63) is 35.0 Å². The SMILES string of the molecule is Cc1cc(C)c2[nH]cc(CN3CCNCC3=O)c2c1. The van der Waals surface area contributed by atoms with E-state index >= 15 is 0 Å². The largest absolute Gasteiger partial charge is 0.361 e. The van der Waals surface area contributed by atoms with Gasteiger partial charge < -0.3 is 15.2 Å². The molecule has 1 fully saturated rings. The van der Waals surface area contributed by atoms with E-state index in [1.807, 2.05) is 11.1 Å². The van der Waals surface area contributed by atoms with Crippen molar-refractivity contribution in [3.63, 3.8) is 0 Å². The van der Waals surface area contributed by atoms with Crippen LogP contribution in [0.5, 0.6) is 0 Å². The van der Waals surface area contributed by atoms with Gasteiger partial charge in [0.25, 0.3) is 0 Å². The summed E-state index contributed by atoms with van der Waals surface area (Å²) >= 11 is 0. The van der Waals surface area contributed by atoms with Crippen molar-refractivity contribution >= 4 is 16.8 Å². The highest BCUT2D eigenvalue weighted by Gasteiger charge is 2.19. The second-order valence-electron chi connectivity index (χ2n) is 5.31. The molecule has 2 heterocycles. The molecule has 1 saturated heterocycles. The molecule has 4 heteroatoms. The molecule has 0 saturated carbocycles. The zero-order chi connectivity index (χ0) is 13.4. The van der Waals surface area contributed by atoms with Gasteiger partial charge in [-0.1, -0.05) is 11.6 Å². The van der Waals surface area contributed by atoms with E-state index < -0.39 is 0 Å². The van der Waals surface area contributed by atoms with Gasteiger partial charge in [0.2, 0.25) is 5.91 Å². The van der Waals surface area contributed by atoms with Gasteiger partial charge in [-0.25, -0.2) is 0 Å². The molecule has 0 bridgehead atoms. The fourth-order valence-corrected chi connectivity index (χ4v) is 2.80. The van der Waals surface area contributed by atoms with E-state index in [0.29, 0.717) is 13.1 Å². The number of hydrogen-bond acceptors (Lipinski definition) is 2. The van der Waals surface area contributed by atoms with Gasteiger partial charge in [-0.2, -0.15) is 0 Å². The summed E-state index contributed by atoms with van der Waals surface area (Å²) < 4.78 is 0. The Balaban J connectivity index is 1.95. The molecule has 0 radical (unpaired) electrons. The van der Waals surface area contributed by atoms with Crippen molar-refractivity contribution in [2.24, 2.45) is 0 Å². The summed E-state index contributed by atoms with van der Waals surface area (Å²) in [6.45, 7) is 7.05. The van der Waals surface area contributed by atoms with Crippen molar-refractivity contribution in [2.45, 2.75) is 20.4 Å². The molecule has 1 aromatic heterocycles. The number of nitrogens with zero attached hydrogens (tertiary/aromatic N) is 1. The second-order valence-corrected chi connectivity index (χ2v) is 5.31. The fraction of sp³-hybridized carbons (Fsp3) is 0.400. The van der Waals surface area contributed by atoms with Gasteiger partial charge in [-0.3, -0.25) is 4.79 Å². The first-order chi connectivity index (χ1) is 9.15. The van der Waals surface area contributed by atoms with Crippen molar-refractivity contribution in [3.8, 4) is 0 Å². The summed E-state index contributed by atoms with van der Waals surface area (Å²) in [6.07, 6.45) is 2.03. The number of hydrogen-bond donors (Lipinski definition) is 2. The highest BCUT2D eigenvalue weighted by molar-refractivity contribution is 5.87. The maximum absolute atomic E-state index is 11.8. The highest BCUT2D eigenvalue weighted by Crippen LogP contribution is 2.24. The Morgan fingerprint density at radius 1 is 1.32 bits per heavy atom. The van der Waals surface area contributed by atoms with Crippen LogP contribution < -0.4 is 5.32 Å². The number of amides is 1. The molecule has 4 nitrogen and oxygen atoms in total. The van der Waals surface area contributed by atoms with Crippen molar-refractivity contribution in [1.29, 1.82) is 0 Å². The second kappa shape index (κ2) is 4.70. The molecule has 19 heavy (non-hydrogen) atoms. The van der Waals surface area contributed by atoms with Crippen molar-refractivity contribution < 1.29 is 4.79 Å². The molecule has 2 aromatic rings. The standard InChI is InChI=1S/C15H19N3O/c1-10-5-11(2)15-13(6-10)12(7-17-15)9-18-4-3-16-8-14(18)19/h5-7,16-17H,3-4,8-9H2,1-2H3. The number of carbonyl (C=O) groups is 1. The Hall–Kier alpha value is -1.81. The maximum Gasteiger partial charge on any atom is 0.236 e. The van der Waals surface area contributed by atoms with E-state index in [-0.39, 0.29) is 5.91 Å². The lowest BCUT2D eigenvalue weighted by Crippen LogP contribution is -2.47. The summed E-state index contributed by atoms with van der Waals surface area (Å²) in [5.41, 5.74) is 4.91. The zero-order valence-corrected chi connectivity index (χ0v) is 11.4. The first kappa shape index (κ1) is 12.2. The Labute approximate surface area is 112 Å². The molecule has 0 spiro atoms. The van der Waals surface area contributed by atoms with Crippen LogP contribution in [0.3, 0.4) is 0 Å². The van der Waals surface area contributed by atoms with Crippen LogP contribution in [0, 0.1) is 13.8 Å². The monoisotopic (exact) mass is 257 g/mol. The van der Waals surface area contributed by atoms with E-state index in [0.717, 1.165) is 13.1 Å². The zero-order valence-electron chi connectivity index (χ0n) is 11.4. The van der Waals surface area contributed by atoms with Gasteiger partial charge in [0.15, 0.2) is 0 Å². The molecule has 3 rings (SSSR count). The minimum absolute atomic E-state index is 0.185. The number of H-pyrrole nitrogens is 1. The van der Waals surface area contributed by atoms with Gasteiger partial charge in [0.1, 0.15) is 0 Å². The molecule has 0 aliphatic carbocycles. The number of carbonyl (C=O) groups excluding carboxylic acids is 1. The lowest BCUT2D eigenvalue weighted by molar-refractivity contribution is -0.132. The molecule has 2 N–H and O–H groups in total. The van der Waals surface area contributed by atoms with Crippen LogP contribution >= 0.6 is 0 Å². The molecular weight excluding hydrogens is 238 g/mol. The van der Waals surface area contributed by atoms with Crippen LogP contribution in [0.25, 0.3) is 10.9 Å². The number of aromatic amines is 1. The summed E-state index contributed by atoms with van der Waals surface area (Å²) in [7, 11) is 0. The number of aromatic nitrogens is 1. The smallest absolute Gasteiger partial charge is 0.236 e. The van der Waals surface area contributed by atoms with Crippen LogP contribution in [0.15, 0.2) is 18.3 Å². The number of rotatable bonds is 2. The third-order valence-corrected chi connectivity index (χ3v) is 3.77. The van der Waals surface area contributed by atoms with Gasteiger partial charge >= 0.3 is 0 Å². The molecule has 1 aliphatic rings.